The fraction of sp³-hybridized carbons (Fsp3) is 0.333. The Bertz CT molecular complexity index is 1050. The van der Waals surface area contributed by atoms with Crippen molar-refractivity contribution in [2.75, 3.05) is 40.3 Å². The first kappa shape index (κ1) is 21.1. The summed E-state index contributed by atoms with van der Waals surface area (Å²) in [4.78, 5) is 29.2. The van der Waals surface area contributed by atoms with E-state index in [9.17, 15) is 14.7 Å². The Balaban J connectivity index is 1.62. The van der Waals surface area contributed by atoms with Gasteiger partial charge in [0.2, 0.25) is 5.78 Å². The number of phenols is 1. The van der Waals surface area contributed by atoms with E-state index in [-0.39, 0.29) is 17.3 Å². The first-order chi connectivity index (χ1) is 14.9. The van der Waals surface area contributed by atoms with E-state index in [1.54, 1.807) is 43.3 Å². The lowest BCUT2D eigenvalue weighted by atomic mass is 9.99. The first-order valence-corrected chi connectivity index (χ1v) is 10.3. The molecule has 2 heterocycles. The number of hydrogen-bond acceptors (Lipinski definition) is 7. The summed E-state index contributed by atoms with van der Waals surface area (Å²) in [6, 6.07) is 8.38. The molecular formula is C24H26N2O5. The van der Waals surface area contributed by atoms with Crippen LogP contribution >= 0.6 is 0 Å². The number of ketones is 1. The number of esters is 1. The van der Waals surface area contributed by atoms with Gasteiger partial charge in [-0.1, -0.05) is 12.1 Å². The molecule has 0 saturated carbocycles. The molecule has 0 atom stereocenters. The standard InChI is InChI=1S/C24H26N2O5/c1-15-12-19(27)18(14-26-10-8-25(2)9-11-26)23-21(15)22(28)20(31-23)13-16-4-6-17(7-5-16)24(29)30-3/h4-7,12-13,27H,8-11,14H2,1-3H3/b20-13-. The molecule has 4 rings (SSSR count). The number of benzene rings is 2. The number of piperazine rings is 1. The minimum Gasteiger partial charge on any atom is -0.507 e. The summed E-state index contributed by atoms with van der Waals surface area (Å²) in [6.45, 7) is 6.02. The third-order valence-corrected chi connectivity index (χ3v) is 5.83. The predicted molar refractivity (Wildman–Crippen MR) is 116 cm³/mol. The zero-order valence-electron chi connectivity index (χ0n) is 18.0. The second kappa shape index (κ2) is 8.53. The average Bonchev–Trinajstić information content (AvgIpc) is 3.08. The van der Waals surface area contributed by atoms with Crippen LogP contribution in [0, 0.1) is 6.92 Å². The van der Waals surface area contributed by atoms with E-state index in [4.69, 9.17) is 9.47 Å². The van der Waals surface area contributed by atoms with Gasteiger partial charge in [0.05, 0.1) is 23.8 Å². The summed E-state index contributed by atoms with van der Waals surface area (Å²) in [5.41, 5.74) is 2.99. The summed E-state index contributed by atoms with van der Waals surface area (Å²) < 4.78 is 10.7. The van der Waals surface area contributed by atoms with Crippen molar-refractivity contribution < 1.29 is 24.2 Å². The highest BCUT2D eigenvalue weighted by molar-refractivity contribution is 6.15. The van der Waals surface area contributed by atoms with Gasteiger partial charge in [-0.2, -0.15) is 0 Å². The molecule has 2 aliphatic rings. The molecule has 7 nitrogen and oxygen atoms in total. The summed E-state index contributed by atoms with van der Waals surface area (Å²) in [6.07, 6.45) is 1.65. The number of likely N-dealkylation sites (N-methyl/N-ethyl adjacent to an activating group) is 1. The fourth-order valence-electron chi connectivity index (χ4n) is 3.95. The van der Waals surface area contributed by atoms with Crippen molar-refractivity contribution in [3.63, 3.8) is 0 Å². The van der Waals surface area contributed by atoms with Crippen LogP contribution in [0.5, 0.6) is 11.5 Å². The van der Waals surface area contributed by atoms with E-state index in [0.29, 0.717) is 34.5 Å². The monoisotopic (exact) mass is 422 g/mol. The topological polar surface area (TPSA) is 79.3 Å². The largest absolute Gasteiger partial charge is 0.507 e. The lowest BCUT2D eigenvalue weighted by Gasteiger charge is -2.32. The van der Waals surface area contributed by atoms with Crippen molar-refractivity contribution in [2.24, 2.45) is 0 Å². The number of allylic oxidation sites excluding steroid dienone is 1. The lowest BCUT2D eigenvalue weighted by Crippen LogP contribution is -2.43. The van der Waals surface area contributed by atoms with Gasteiger partial charge in [-0.15, -0.1) is 0 Å². The van der Waals surface area contributed by atoms with Gasteiger partial charge < -0.3 is 19.5 Å². The Morgan fingerprint density at radius 2 is 1.87 bits per heavy atom. The molecule has 2 aromatic rings. The summed E-state index contributed by atoms with van der Waals surface area (Å²) in [7, 11) is 3.42. The summed E-state index contributed by atoms with van der Waals surface area (Å²) in [5.74, 6) is 0.170. The van der Waals surface area contributed by atoms with E-state index in [1.807, 2.05) is 0 Å². The Morgan fingerprint density at radius 3 is 2.52 bits per heavy atom. The quantitative estimate of drug-likeness (QED) is 0.600. The number of methoxy groups -OCH3 is 1. The van der Waals surface area contributed by atoms with Gasteiger partial charge in [-0.25, -0.2) is 4.79 Å². The maximum Gasteiger partial charge on any atom is 0.337 e. The maximum atomic E-state index is 13.1. The highest BCUT2D eigenvalue weighted by atomic mass is 16.5. The number of aryl methyl sites for hydroxylation is 1. The van der Waals surface area contributed by atoms with Gasteiger partial charge in [0.25, 0.3) is 0 Å². The molecule has 1 fully saturated rings. The van der Waals surface area contributed by atoms with Crippen molar-refractivity contribution in [1.29, 1.82) is 0 Å². The Morgan fingerprint density at radius 1 is 1.19 bits per heavy atom. The molecule has 1 N–H and O–H groups in total. The molecule has 0 aromatic heterocycles. The smallest absolute Gasteiger partial charge is 0.337 e. The number of fused-ring (bicyclic) bond motifs is 1. The number of phenolic OH excluding ortho intramolecular Hbond substituents is 1. The van der Waals surface area contributed by atoms with Crippen LogP contribution in [0.3, 0.4) is 0 Å². The maximum absolute atomic E-state index is 13.1. The van der Waals surface area contributed by atoms with Crippen LogP contribution in [-0.2, 0) is 11.3 Å². The molecular weight excluding hydrogens is 396 g/mol. The molecule has 0 bridgehead atoms. The predicted octanol–water partition coefficient (Wildman–Crippen LogP) is 2.85. The lowest BCUT2D eigenvalue weighted by molar-refractivity contribution is 0.0600. The molecule has 0 aliphatic carbocycles. The third-order valence-electron chi connectivity index (χ3n) is 5.83. The first-order valence-electron chi connectivity index (χ1n) is 10.3. The van der Waals surface area contributed by atoms with Crippen LogP contribution in [0.4, 0.5) is 0 Å². The Kier molecular flexibility index (Phi) is 5.80. The van der Waals surface area contributed by atoms with Gasteiger partial charge in [0.15, 0.2) is 5.76 Å². The molecule has 162 valence electrons. The number of nitrogens with zero attached hydrogens (tertiary/aromatic N) is 2. The van der Waals surface area contributed by atoms with Crippen molar-refractivity contribution in [2.45, 2.75) is 13.5 Å². The number of hydrogen-bond donors (Lipinski definition) is 1. The van der Waals surface area contributed by atoms with E-state index < -0.39 is 5.97 Å². The number of rotatable bonds is 4. The molecule has 1 saturated heterocycles. The highest BCUT2D eigenvalue weighted by Crippen LogP contribution is 2.42. The van der Waals surface area contributed by atoms with Crippen LogP contribution in [0.2, 0.25) is 0 Å². The number of carbonyl (C=O) groups is 2. The second-order valence-corrected chi connectivity index (χ2v) is 8.03. The Labute approximate surface area is 181 Å². The zero-order valence-corrected chi connectivity index (χ0v) is 18.0. The normalized spacial score (nSPS) is 18.2. The van der Waals surface area contributed by atoms with Gasteiger partial charge in [0.1, 0.15) is 11.5 Å². The van der Waals surface area contributed by atoms with Crippen LogP contribution < -0.4 is 4.74 Å². The van der Waals surface area contributed by atoms with Gasteiger partial charge in [0, 0.05) is 32.7 Å². The van der Waals surface area contributed by atoms with E-state index >= 15 is 0 Å². The van der Waals surface area contributed by atoms with Crippen molar-refractivity contribution in [1.82, 2.24) is 9.80 Å². The average molecular weight is 422 g/mol. The minimum atomic E-state index is -0.417. The van der Waals surface area contributed by atoms with E-state index in [0.717, 1.165) is 31.7 Å². The van der Waals surface area contributed by atoms with Crippen LogP contribution in [-0.4, -0.2) is 67.0 Å². The number of aromatic hydroxyl groups is 1. The van der Waals surface area contributed by atoms with Crippen molar-refractivity contribution in [3.8, 4) is 11.5 Å². The molecule has 2 aliphatic heterocycles. The minimum absolute atomic E-state index is 0.145. The van der Waals surface area contributed by atoms with E-state index in [1.165, 1.54) is 7.11 Å². The van der Waals surface area contributed by atoms with Gasteiger partial charge in [-0.05, 0) is 49.4 Å². The fourth-order valence-corrected chi connectivity index (χ4v) is 3.95. The summed E-state index contributed by atoms with van der Waals surface area (Å²) >= 11 is 0. The van der Waals surface area contributed by atoms with Crippen molar-refractivity contribution in [3.05, 3.63) is 63.9 Å². The third kappa shape index (κ3) is 4.19. The molecule has 0 amide bonds. The SMILES string of the molecule is COC(=O)c1ccc(/C=C2\Oc3c(CN4CCN(C)CC4)c(O)cc(C)c3C2=O)cc1. The van der Waals surface area contributed by atoms with Crippen LogP contribution in [0.15, 0.2) is 36.1 Å². The van der Waals surface area contributed by atoms with Gasteiger partial charge in [-0.3, -0.25) is 9.69 Å². The van der Waals surface area contributed by atoms with Gasteiger partial charge >= 0.3 is 5.97 Å². The van der Waals surface area contributed by atoms with Crippen LogP contribution in [0.1, 0.15) is 37.4 Å². The van der Waals surface area contributed by atoms with E-state index in [2.05, 4.69) is 16.8 Å². The number of carbonyl (C=O) groups excluding carboxylic acids is 2. The van der Waals surface area contributed by atoms with Crippen LogP contribution in [0.25, 0.3) is 6.08 Å². The summed E-state index contributed by atoms with van der Waals surface area (Å²) in [5, 5.41) is 10.6. The molecule has 2 aromatic carbocycles. The molecule has 7 heteroatoms. The highest BCUT2D eigenvalue weighted by Gasteiger charge is 2.34. The second-order valence-electron chi connectivity index (χ2n) is 8.03. The molecule has 31 heavy (non-hydrogen) atoms. The molecule has 0 radical (unpaired) electrons. The number of ether oxygens (including phenoxy) is 2. The molecule has 0 spiro atoms. The molecule has 0 unspecified atom stereocenters. The number of Topliss-reactive ketones (excluding diaryl/α,β-unsaturated/α-hetero) is 1. The van der Waals surface area contributed by atoms with Crippen molar-refractivity contribution >= 4 is 17.8 Å². The Hall–Kier alpha value is -3.16. The zero-order chi connectivity index (χ0) is 22.1.